The summed E-state index contributed by atoms with van der Waals surface area (Å²) in [6.45, 7) is 4.95. The zero-order chi connectivity index (χ0) is 17.7. The van der Waals surface area contributed by atoms with Gasteiger partial charge in [-0.05, 0) is 28.9 Å². The van der Waals surface area contributed by atoms with Crippen LogP contribution < -0.4 is 0 Å². The Labute approximate surface area is 159 Å². The second-order valence-electron chi connectivity index (χ2n) is 4.33. The van der Waals surface area contributed by atoms with Crippen LogP contribution in [0.1, 0.15) is 12.5 Å². The fraction of sp³-hybridized carbons (Fsp3) is 0.133. The van der Waals surface area contributed by atoms with Crippen LogP contribution in [0.25, 0.3) is 5.57 Å². The second kappa shape index (κ2) is 8.56. The highest BCUT2D eigenvalue weighted by atomic mass is 79.9. The van der Waals surface area contributed by atoms with E-state index in [9.17, 15) is 14.4 Å². The van der Waals surface area contributed by atoms with Crippen LogP contribution >= 0.6 is 48.0 Å². The summed E-state index contributed by atoms with van der Waals surface area (Å²) >= 11 is 9.41. The number of esters is 1. The number of rotatable bonds is 2. The largest absolute Gasteiger partial charge is 0.466 e. The number of benzene rings is 1. The van der Waals surface area contributed by atoms with Crippen molar-refractivity contribution in [3.63, 3.8) is 0 Å². The Bertz CT molecular complexity index is 712. The Kier molecular flexibility index (Phi) is 7.37. The Morgan fingerprint density at radius 1 is 1.17 bits per heavy atom. The maximum absolute atomic E-state index is 11.8. The molecule has 23 heavy (non-hydrogen) atoms. The molecule has 1 aromatic rings. The number of carbonyl (C=O) groups is 3. The van der Waals surface area contributed by atoms with Gasteiger partial charge in [-0.3, -0.25) is 9.59 Å². The summed E-state index contributed by atoms with van der Waals surface area (Å²) in [5, 5.41) is 0. The van der Waals surface area contributed by atoms with Crippen LogP contribution in [0.5, 0.6) is 0 Å². The molecule has 0 N–H and O–H groups in total. The number of hydrogen-bond acceptors (Lipinski definition) is 4. The van der Waals surface area contributed by atoms with Gasteiger partial charge in [-0.2, -0.15) is 0 Å². The van der Waals surface area contributed by atoms with Crippen LogP contribution in [-0.4, -0.2) is 28.8 Å². The zero-order valence-corrected chi connectivity index (χ0v) is 17.0. The van der Waals surface area contributed by atoms with Crippen molar-refractivity contribution >= 4 is 71.4 Å². The highest BCUT2D eigenvalue weighted by Crippen LogP contribution is 2.37. The van der Waals surface area contributed by atoms with E-state index in [4.69, 9.17) is 0 Å². The van der Waals surface area contributed by atoms with E-state index in [0.717, 1.165) is 8.40 Å². The van der Waals surface area contributed by atoms with E-state index in [0.29, 0.717) is 16.7 Å². The first kappa shape index (κ1) is 19.8. The molecule has 0 aromatic heterocycles. The molecular weight excluding hydrogens is 498 g/mol. The molecule has 0 spiro atoms. The molecule has 1 aliphatic rings. The molecule has 0 aliphatic carbocycles. The average molecular weight is 510 g/mol. The number of nitrogens with zero attached hydrogens (tertiary/aromatic N) is 1. The minimum atomic E-state index is -0.393. The lowest BCUT2D eigenvalue weighted by Crippen LogP contribution is -2.19. The number of amides is 2. The van der Waals surface area contributed by atoms with Crippen LogP contribution in [0.2, 0.25) is 0 Å². The second-order valence-corrected chi connectivity index (χ2v) is 6.69. The quantitative estimate of drug-likeness (QED) is 0.262. The number of imide groups is 1. The zero-order valence-electron chi connectivity index (χ0n) is 12.2. The summed E-state index contributed by atoms with van der Waals surface area (Å²) in [6, 6.07) is 7.24. The number of methoxy groups -OCH3 is 1. The van der Waals surface area contributed by atoms with Gasteiger partial charge < -0.3 is 4.74 Å². The molecule has 0 fully saturated rings. The Morgan fingerprint density at radius 3 is 2.09 bits per heavy atom. The number of hydrogen-bond donors (Lipinski definition) is 0. The van der Waals surface area contributed by atoms with Crippen molar-refractivity contribution in [2.45, 2.75) is 6.92 Å². The maximum Gasteiger partial charge on any atom is 0.332 e. The van der Waals surface area contributed by atoms with Crippen LogP contribution in [0.15, 0.2) is 45.4 Å². The first-order valence-corrected chi connectivity index (χ1v) is 8.45. The van der Waals surface area contributed by atoms with E-state index < -0.39 is 5.91 Å². The van der Waals surface area contributed by atoms with Gasteiger partial charge in [0.15, 0.2) is 0 Å². The summed E-state index contributed by atoms with van der Waals surface area (Å²) in [5.74, 6) is -1.11. The van der Waals surface area contributed by atoms with Crippen LogP contribution in [-0.2, 0) is 19.1 Å². The molecule has 0 bridgehead atoms. The molecule has 2 rings (SSSR count). The van der Waals surface area contributed by atoms with Crippen LogP contribution in [0.4, 0.5) is 0 Å². The molecule has 5 nitrogen and oxygen atoms in total. The summed E-state index contributed by atoms with van der Waals surface area (Å²) in [6.07, 6.45) is 0. The fourth-order valence-electron chi connectivity index (χ4n) is 1.55. The van der Waals surface area contributed by atoms with Gasteiger partial charge in [0.25, 0.3) is 11.8 Å². The monoisotopic (exact) mass is 507 g/mol. The third-order valence-electron chi connectivity index (χ3n) is 2.65. The van der Waals surface area contributed by atoms with Gasteiger partial charge in [0.1, 0.15) is 0 Å². The molecule has 122 valence electrons. The Balaban J connectivity index is 0.000000322. The third-order valence-corrected chi connectivity index (χ3v) is 4.73. The number of carbonyl (C=O) groups excluding carboxylic acids is 3. The molecule has 0 radical (unpaired) electrons. The van der Waals surface area contributed by atoms with Crippen molar-refractivity contribution in [2.75, 3.05) is 7.11 Å². The lowest BCUT2D eigenvalue weighted by Gasteiger charge is -2.05. The van der Waals surface area contributed by atoms with Crippen molar-refractivity contribution in [3.05, 3.63) is 50.9 Å². The summed E-state index contributed by atoms with van der Waals surface area (Å²) in [4.78, 5) is 33.6. The van der Waals surface area contributed by atoms with Gasteiger partial charge in [-0.25, -0.2) is 8.72 Å². The van der Waals surface area contributed by atoms with Gasteiger partial charge in [0, 0.05) is 15.6 Å². The summed E-state index contributed by atoms with van der Waals surface area (Å²) in [7, 11) is 1.33. The highest BCUT2D eigenvalue weighted by molar-refractivity contribution is 9.12. The molecular formula is C15H12Br3NO4. The van der Waals surface area contributed by atoms with E-state index >= 15 is 0 Å². The Morgan fingerprint density at radius 2 is 1.74 bits per heavy atom. The summed E-state index contributed by atoms with van der Waals surface area (Å²) < 4.78 is 6.22. The lowest BCUT2D eigenvalue weighted by molar-refractivity contribution is -0.136. The van der Waals surface area contributed by atoms with Crippen molar-refractivity contribution < 1.29 is 19.1 Å². The van der Waals surface area contributed by atoms with Gasteiger partial charge in [0.05, 0.1) is 33.3 Å². The molecule has 1 heterocycles. The van der Waals surface area contributed by atoms with E-state index in [-0.39, 0.29) is 16.4 Å². The van der Waals surface area contributed by atoms with Crippen molar-refractivity contribution in [1.82, 2.24) is 3.93 Å². The van der Waals surface area contributed by atoms with Gasteiger partial charge >= 0.3 is 5.97 Å². The van der Waals surface area contributed by atoms with Gasteiger partial charge in [-0.15, -0.1) is 0 Å². The molecule has 1 aromatic carbocycles. The van der Waals surface area contributed by atoms with Crippen LogP contribution in [0, 0.1) is 0 Å². The molecule has 0 unspecified atom stereocenters. The molecule has 0 saturated carbocycles. The predicted molar refractivity (Wildman–Crippen MR) is 97.6 cm³/mol. The SMILES string of the molecule is C=C(C)C(=O)OC.O=C1C(Br)=C(c2ccccc2Br)C(=O)N1Br. The number of halogens is 3. The lowest BCUT2D eigenvalue weighted by atomic mass is 10.1. The van der Waals surface area contributed by atoms with E-state index in [1.54, 1.807) is 13.0 Å². The Hall–Kier alpha value is -1.25. The van der Waals surface area contributed by atoms with Crippen molar-refractivity contribution in [1.29, 1.82) is 0 Å². The minimum absolute atomic E-state index is 0.265. The van der Waals surface area contributed by atoms with Crippen molar-refractivity contribution in [2.24, 2.45) is 0 Å². The van der Waals surface area contributed by atoms with E-state index in [2.05, 4.69) is 59.3 Å². The predicted octanol–water partition coefficient (Wildman–Crippen LogP) is 3.97. The standard InChI is InChI=1S/C10H4Br3NO2.C5H8O2/c11-6-4-2-1-3-5(6)7-8(12)10(16)14(13)9(7)15;1-4(2)5(6)7-3/h1-4H;1H2,2-3H3. The van der Waals surface area contributed by atoms with Gasteiger partial charge in [0.2, 0.25) is 0 Å². The van der Waals surface area contributed by atoms with Gasteiger partial charge in [-0.1, -0.05) is 40.7 Å². The molecule has 1 aliphatic heterocycles. The van der Waals surface area contributed by atoms with E-state index in [1.165, 1.54) is 7.11 Å². The first-order valence-electron chi connectivity index (χ1n) is 6.15. The van der Waals surface area contributed by atoms with E-state index in [1.807, 2.05) is 18.2 Å². The maximum atomic E-state index is 11.8. The van der Waals surface area contributed by atoms with Crippen molar-refractivity contribution in [3.8, 4) is 0 Å². The summed E-state index contributed by atoms with van der Waals surface area (Å²) in [5.41, 5.74) is 1.48. The normalized spacial score (nSPS) is 13.7. The average Bonchev–Trinajstić information content (AvgIpc) is 2.72. The minimum Gasteiger partial charge on any atom is -0.466 e. The smallest absolute Gasteiger partial charge is 0.332 e. The fourth-order valence-corrected chi connectivity index (χ4v) is 3.19. The third kappa shape index (κ3) is 4.62. The topological polar surface area (TPSA) is 63.7 Å². The molecule has 0 saturated heterocycles. The van der Waals surface area contributed by atoms with Crippen LogP contribution in [0.3, 0.4) is 0 Å². The highest BCUT2D eigenvalue weighted by Gasteiger charge is 2.37. The molecule has 8 heteroatoms. The first-order chi connectivity index (χ1) is 10.7. The molecule has 0 atom stereocenters. The molecule has 2 amide bonds. The number of ether oxygens (including phenoxy) is 1.